The Morgan fingerprint density at radius 3 is 2.62 bits per heavy atom. The molecule has 2 heterocycles. The van der Waals surface area contributed by atoms with E-state index < -0.39 is 17.8 Å². The summed E-state index contributed by atoms with van der Waals surface area (Å²) in [6.45, 7) is 0.0884. The Bertz CT molecular complexity index is 1160. The number of nitrogens with one attached hydrogen (secondary N) is 2. The molecule has 0 fully saturated rings. The third kappa shape index (κ3) is 4.85. The van der Waals surface area contributed by atoms with Crippen LogP contribution in [0, 0.1) is 0 Å². The Hall–Kier alpha value is -3.14. The molecule has 1 aromatic heterocycles. The Morgan fingerprint density at radius 2 is 1.91 bits per heavy atom. The van der Waals surface area contributed by atoms with Crippen molar-refractivity contribution >= 4 is 33.4 Å². The van der Waals surface area contributed by atoms with Crippen LogP contribution >= 0.6 is 15.9 Å². The minimum Gasteiger partial charge on any atom is -0.334 e. The summed E-state index contributed by atoms with van der Waals surface area (Å²) in [5.74, 6) is -0.651. The highest BCUT2D eigenvalue weighted by molar-refractivity contribution is 9.10. The van der Waals surface area contributed by atoms with E-state index in [4.69, 9.17) is 0 Å². The molecule has 1 aliphatic rings. The minimum atomic E-state index is -4.59. The number of alkyl halides is 3. The van der Waals surface area contributed by atoms with Crippen molar-refractivity contribution in [1.82, 2.24) is 15.1 Å². The first-order valence-electron chi connectivity index (χ1n) is 9.77. The van der Waals surface area contributed by atoms with E-state index in [1.165, 1.54) is 11.0 Å². The van der Waals surface area contributed by atoms with Gasteiger partial charge in [-0.2, -0.15) is 18.3 Å². The molecular weight excluding hydrogens is 489 g/mol. The molecule has 10 heteroatoms. The lowest BCUT2D eigenvalue weighted by Crippen LogP contribution is -2.36. The summed E-state index contributed by atoms with van der Waals surface area (Å²) in [4.78, 5) is 26.7. The van der Waals surface area contributed by atoms with Crippen molar-refractivity contribution in [3.05, 3.63) is 81.1 Å². The first-order valence-corrected chi connectivity index (χ1v) is 10.6. The van der Waals surface area contributed by atoms with Crippen LogP contribution < -0.4 is 5.32 Å². The molecule has 0 saturated carbocycles. The molecule has 2 aromatic carbocycles. The molecule has 0 atom stereocenters. The van der Waals surface area contributed by atoms with E-state index in [0.29, 0.717) is 11.4 Å². The molecule has 2 N–H and O–H groups in total. The fourth-order valence-corrected chi connectivity index (χ4v) is 3.87. The first kappa shape index (κ1) is 22.1. The van der Waals surface area contributed by atoms with Gasteiger partial charge in [0, 0.05) is 46.5 Å². The van der Waals surface area contributed by atoms with E-state index in [2.05, 4.69) is 31.4 Å². The van der Waals surface area contributed by atoms with Crippen LogP contribution in [0.15, 0.2) is 53.0 Å². The predicted molar refractivity (Wildman–Crippen MR) is 115 cm³/mol. The standard InChI is InChI=1S/C22H18BrF3N4O2/c23-15-6-4-13(5-7-15)10-19(31)27-16-3-1-2-14(11-16)21(32)30-9-8-18-17(12-30)20(29-28-18)22(24,25)26/h1-7,11H,8-10,12H2,(H,27,31)(H,28,29). The van der Waals surface area contributed by atoms with Crippen molar-refractivity contribution in [2.45, 2.75) is 25.6 Å². The van der Waals surface area contributed by atoms with Gasteiger partial charge in [-0.25, -0.2) is 0 Å². The van der Waals surface area contributed by atoms with Gasteiger partial charge in [0.05, 0.1) is 6.42 Å². The van der Waals surface area contributed by atoms with Crippen LogP contribution in [-0.4, -0.2) is 33.5 Å². The van der Waals surface area contributed by atoms with Crippen LogP contribution in [0.4, 0.5) is 18.9 Å². The smallest absolute Gasteiger partial charge is 0.334 e. The Morgan fingerprint density at radius 1 is 1.16 bits per heavy atom. The summed E-state index contributed by atoms with van der Waals surface area (Å²) in [5.41, 5.74) is 0.967. The van der Waals surface area contributed by atoms with Crippen molar-refractivity contribution in [3.63, 3.8) is 0 Å². The largest absolute Gasteiger partial charge is 0.435 e. The highest BCUT2D eigenvalue weighted by Gasteiger charge is 2.39. The molecule has 166 valence electrons. The number of amides is 2. The molecule has 1 aliphatic heterocycles. The number of hydrogen-bond acceptors (Lipinski definition) is 3. The second kappa shape index (κ2) is 8.78. The highest BCUT2D eigenvalue weighted by atomic mass is 79.9. The Balaban J connectivity index is 1.45. The topological polar surface area (TPSA) is 78.1 Å². The van der Waals surface area contributed by atoms with Gasteiger partial charge < -0.3 is 10.2 Å². The van der Waals surface area contributed by atoms with Crippen LogP contribution in [-0.2, 0) is 30.4 Å². The normalized spacial score (nSPS) is 13.6. The van der Waals surface area contributed by atoms with Crippen molar-refractivity contribution in [2.24, 2.45) is 0 Å². The fourth-order valence-electron chi connectivity index (χ4n) is 3.61. The number of benzene rings is 2. The van der Waals surface area contributed by atoms with Crippen molar-refractivity contribution < 1.29 is 22.8 Å². The number of nitrogens with zero attached hydrogens (tertiary/aromatic N) is 2. The molecule has 0 unspecified atom stereocenters. The average Bonchev–Trinajstić information content (AvgIpc) is 3.19. The number of carbonyl (C=O) groups is 2. The van der Waals surface area contributed by atoms with E-state index in [-0.39, 0.29) is 43.0 Å². The van der Waals surface area contributed by atoms with E-state index in [1.54, 1.807) is 18.2 Å². The van der Waals surface area contributed by atoms with Crippen LogP contribution in [0.25, 0.3) is 0 Å². The summed E-state index contributed by atoms with van der Waals surface area (Å²) in [7, 11) is 0. The first-order chi connectivity index (χ1) is 15.2. The predicted octanol–water partition coefficient (Wildman–Crippen LogP) is 4.57. The lowest BCUT2D eigenvalue weighted by atomic mass is 10.0. The third-order valence-corrected chi connectivity index (χ3v) is 5.69. The molecule has 6 nitrogen and oxygen atoms in total. The van der Waals surface area contributed by atoms with Gasteiger partial charge >= 0.3 is 6.18 Å². The second-order valence-electron chi connectivity index (χ2n) is 7.44. The number of aromatic amines is 1. The number of halogens is 4. The van der Waals surface area contributed by atoms with E-state index in [0.717, 1.165) is 10.0 Å². The summed E-state index contributed by atoms with van der Waals surface area (Å²) >= 11 is 3.34. The Kier molecular flexibility index (Phi) is 6.05. The number of H-pyrrole nitrogens is 1. The fraction of sp³-hybridized carbons (Fsp3) is 0.227. The van der Waals surface area contributed by atoms with Crippen molar-refractivity contribution in [3.8, 4) is 0 Å². The lowest BCUT2D eigenvalue weighted by Gasteiger charge is -2.27. The van der Waals surface area contributed by atoms with Gasteiger partial charge in [0.1, 0.15) is 0 Å². The molecule has 0 radical (unpaired) electrons. The number of carbonyl (C=O) groups excluding carboxylic acids is 2. The number of aromatic nitrogens is 2. The zero-order valence-corrected chi connectivity index (χ0v) is 18.3. The molecule has 0 aliphatic carbocycles. The third-order valence-electron chi connectivity index (χ3n) is 5.16. The van der Waals surface area contributed by atoms with E-state index in [9.17, 15) is 22.8 Å². The molecule has 0 spiro atoms. The minimum absolute atomic E-state index is 0.00365. The van der Waals surface area contributed by atoms with E-state index >= 15 is 0 Å². The number of hydrogen-bond donors (Lipinski definition) is 2. The van der Waals surface area contributed by atoms with Gasteiger partial charge in [-0.05, 0) is 35.9 Å². The maximum absolute atomic E-state index is 13.2. The van der Waals surface area contributed by atoms with Gasteiger partial charge in [0.15, 0.2) is 5.69 Å². The zero-order chi connectivity index (χ0) is 22.9. The molecule has 2 amide bonds. The molecule has 3 aromatic rings. The number of rotatable bonds is 4. The molecular formula is C22H18BrF3N4O2. The maximum Gasteiger partial charge on any atom is 0.435 e. The molecule has 0 saturated heterocycles. The number of anilines is 1. The second-order valence-corrected chi connectivity index (χ2v) is 8.35. The van der Waals surface area contributed by atoms with Crippen LogP contribution in [0.3, 0.4) is 0 Å². The maximum atomic E-state index is 13.2. The van der Waals surface area contributed by atoms with Crippen LogP contribution in [0.5, 0.6) is 0 Å². The van der Waals surface area contributed by atoms with Gasteiger partial charge in [-0.3, -0.25) is 14.7 Å². The van der Waals surface area contributed by atoms with Gasteiger partial charge in [0.25, 0.3) is 5.91 Å². The molecule has 0 bridgehead atoms. The summed E-state index contributed by atoms with van der Waals surface area (Å²) in [6.07, 6.45) is -4.16. The summed E-state index contributed by atoms with van der Waals surface area (Å²) in [6, 6.07) is 13.7. The van der Waals surface area contributed by atoms with Crippen LogP contribution in [0.1, 0.15) is 32.9 Å². The van der Waals surface area contributed by atoms with Gasteiger partial charge in [0.2, 0.25) is 5.91 Å². The highest BCUT2D eigenvalue weighted by Crippen LogP contribution is 2.34. The number of fused-ring (bicyclic) bond motifs is 1. The summed E-state index contributed by atoms with van der Waals surface area (Å²) in [5, 5.41) is 8.57. The van der Waals surface area contributed by atoms with Crippen molar-refractivity contribution in [1.29, 1.82) is 0 Å². The zero-order valence-electron chi connectivity index (χ0n) is 16.7. The van der Waals surface area contributed by atoms with Crippen molar-refractivity contribution in [2.75, 3.05) is 11.9 Å². The van der Waals surface area contributed by atoms with Gasteiger partial charge in [-0.15, -0.1) is 0 Å². The Labute approximate surface area is 189 Å². The van der Waals surface area contributed by atoms with Gasteiger partial charge in [-0.1, -0.05) is 34.1 Å². The molecule has 4 rings (SSSR count). The summed E-state index contributed by atoms with van der Waals surface area (Å²) < 4.78 is 40.5. The van der Waals surface area contributed by atoms with Crippen LogP contribution in [0.2, 0.25) is 0 Å². The monoisotopic (exact) mass is 506 g/mol. The lowest BCUT2D eigenvalue weighted by molar-refractivity contribution is -0.142. The average molecular weight is 507 g/mol. The van der Waals surface area contributed by atoms with E-state index in [1.807, 2.05) is 24.3 Å². The quantitative estimate of drug-likeness (QED) is 0.543. The SMILES string of the molecule is O=C(Cc1ccc(Br)cc1)Nc1cccc(C(=O)N2CCc3[nH]nc(C(F)(F)F)c3C2)c1. The molecule has 32 heavy (non-hydrogen) atoms.